The van der Waals surface area contributed by atoms with Crippen LogP contribution >= 0.6 is 15.9 Å². The molecule has 4 rings (SSSR count). The number of carbonyl (C=O) groups is 1. The van der Waals surface area contributed by atoms with Crippen LogP contribution in [0.2, 0.25) is 0 Å². The molecule has 2 aliphatic rings. The normalized spacial score (nSPS) is 19.6. The number of carbonyl (C=O) groups excluding carboxylic acids is 1. The number of hydrogen-bond acceptors (Lipinski definition) is 5. The number of halogens is 1. The fourth-order valence-electron chi connectivity index (χ4n) is 4.17. The van der Waals surface area contributed by atoms with Crippen molar-refractivity contribution < 1.29 is 9.32 Å². The number of piperidine rings is 1. The maximum atomic E-state index is 12.5. The molecule has 1 aliphatic heterocycles. The SMILES string of the molecule is O=C(NC1CCCCC1)C1CCN(Cc2nc(-c3cccc(Br)c3)no2)CC1. The summed E-state index contributed by atoms with van der Waals surface area (Å²) in [6.45, 7) is 2.41. The molecule has 1 aromatic carbocycles. The first-order valence-corrected chi connectivity index (χ1v) is 11.1. The third-order valence-electron chi connectivity index (χ3n) is 5.82. The number of nitrogens with one attached hydrogen (secondary N) is 1. The Morgan fingerprint density at radius 1 is 1.18 bits per heavy atom. The summed E-state index contributed by atoms with van der Waals surface area (Å²) < 4.78 is 6.43. The van der Waals surface area contributed by atoms with E-state index in [2.05, 4.69) is 36.3 Å². The molecule has 0 bridgehead atoms. The Bertz CT molecular complexity index is 795. The minimum absolute atomic E-state index is 0.137. The van der Waals surface area contributed by atoms with Gasteiger partial charge in [0, 0.05) is 22.0 Å². The van der Waals surface area contributed by atoms with Gasteiger partial charge in [0.2, 0.25) is 17.6 Å². The highest BCUT2D eigenvalue weighted by Gasteiger charge is 2.27. The van der Waals surface area contributed by atoms with E-state index in [9.17, 15) is 4.79 Å². The van der Waals surface area contributed by atoms with Gasteiger partial charge in [0.25, 0.3) is 0 Å². The lowest BCUT2D eigenvalue weighted by Gasteiger charge is -2.32. The summed E-state index contributed by atoms with van der Waals surface area (Å²) in [7, 11) is 0. The summed E-state index contributed by atoms with van der Waals surface area (Å²) in [6, 6.07) is 8.27. The van der Waals surface area contributed by atoms with Gasteiger partial charge < -0.3 is 9.84 Å². The third kappa shape index (κ3) is 5.00. The topological polar surface area (TPSA) is 71.3 Å². The fourth-order valence-corrected chi connectivity index (χ4v) is 4.57. The molecule has 28 heavy (non-hydrogen) atoms. The van der Waals surface area contributed by atoms with E-state index in [1.165, 1.54) is 19.3 Å². The van der Waals surface area contributed by atoms with E-state index >= 15 is 0 Å². The van der Waals surface area contributed by atoms with Crippen LogP contribution in [0.3, 0.4) is 0 Å². The van der Waals surface area contributed by atoms with E-state index in [0.717, 1.165) is 48.8 Å². The highest BCUT2D eigenvalue weighted by molar-refractivity contribution is 9.10. The van der Waals surface area contributed by atoms with Crippen LogP contribution in [0.5, 0.6) is 0 Å². The van der Waals surface area contributed by atoms with Crippen molar-refractivity contribution in [2.24, 2.45) is 5.92 Å². The van der Waals surface area contributed by atoms with Crippen molar-refractivity contribution in [2.75, 3.05) is 13.1 Å². The molecule has 1 saturated heterocycles. The van der Waals surface area contributed by atoms with Gasteiger partial charge in [-0.3, -0.25) is 9.69 Å². The van der Waals surface area contributed by atoms with Gasteiger partial charge in [-0.05, 0) is 50.9 Å². The molecule has 1 saturated carbocycles. The zero-order chi connectivity index (χ0) is 19.3. The molecule has 1 aromatic heterocycles. The van der Waals surface area contributed by atoms with E-state index in [-0.39, 0.29) is 11.8 Å². The molecule has 150 valence electrons. The van der Waals surface area contributed by atoms with Gasteiger partial charge in [0.1, 0.15) is 0 Å². The van der Waals surface area contributed by atoms with Crippen molar-refractivity contribution in [2.45, 2.75) is 57.5 Å². The standard InChI is InChI=1S/C21H27BrN4O2/c22-17-6-4-5-16(13-17)20-24-19(28-25-20)14-26-11-9-15(10-12-26)21(27)23-18-7-2-1-3-8-18/h4-6,13,15,18H,1-3,7-12,14H2,(H,23,27). The quantitative estimate of drug-likeness (QED) is 0.746. The first kappa shape index (κ1) is 19.6. The number of benzene rings is 1. The predicted octanol–water partition coefficient (Wildman–Crippen LogP) is 4.16. The van der Waals surface area contributed by atoms with Gasteiger partial charge in [0.15, 0.2) is 0 Å². The minimum atomic E-state index is 0.137. The Labute approximate surface area is 174 Å². The number of aromatic nitrogens is 2. The van der Waals surface area contributed by atoms with E-state index in [4.69, 9.17) is 4.52 Å². The number of hydrogen-bond donors (Lipinski definition) is 1. The lowest BCUT2D eigenvalue weighted by Crippen LogP contribution is -2.44. The molecule has 0 radical (unpaired) electrons. The van der Waals surface area contributed by atoms with Crippen molar-refractivity contribution in [3.05, 3.63) is 34.6 Å². The largest absolute Gasteiger partial charge is 0.353 e. The fraction of sp³-hybridized carbons (Fsp3) is 0.571. The molecule has 1 N–H and O–H groups in total. The Balaban J connectivity index is 1.26. The molecule has 0 atom stereocenters. The van der Waals surface area contributed by atoms with Gasteiger partial charge in [-0.1, -0.05) is 52.5 Å². The van der Waals surface area contributed by atoms with E-state index < -0.39 is 0 Å². The van der Waals surface area contributed by atoms with Crippen LogP contribution in [-0.4, -0.2) is 40.1 Å². The van der Waals surface area contributed by atoms with Crippen LogP contribution in [0.4, 0.5) is 0 Å². The monoisotopic (exact) mass is 446 g/mol. The van der Waals surface area contributed by atoms with Crippen LogP contribution in [0.25, 0.3) is 11.4 Å². The van der Waals surface area contributed by atoms with Gasteiger partial charge in [-0.15, -0.1) is 0 Å². The van der Waals surface area contributed by atoms with Gasteiger partial charge in [-0.25, -0.2) is 0 Å². The van der Waals surface area contributed by atoms with Crippen LogP contribution in [0, 0.1) is 5.92 Å². The maximum Gasteiger partial charge on any atom is 0.241 e. The van der Waals surface area contributed by atoms with E-state index in [0.29, 0.717) is 24.3 Å². The van der Waals surface area contributed by atoms with Crippen LogP contribution in [0.15, 0.2) is 33.3 Å². The predicted molar refractivity (Wildman–Crippen MR) is 110 cm³/mol. The van der Waals surface area contributed by atoms with E-state index in [1.807, 2.05) is 24.3 Å². The smallest absolute Gasteiger partial charge is 0.241 e. The summed E-state index contributed by atoms with van der Waals surface area (Å²) in [5.74, 6) is 1.62. The van der Waals surface area contributed by atoms with Gasteiger partial charge in [0.05, 0.1) is 6.54 Å². The number of nitrogens with zero attached hydrogens (tertiary/aromatic N) is 3. The molecule has 1 aliphatic carbocycles. The molecule has 2 aromatic rings. The number of likely N-dealkylation sites (tertiary alicyclic amines) is 1. The molecular formula is C21H27BrN4O2. The molecule has 0 unspecified atom stereocenters. The minimum Gasteiger partial charge on any atom is -0.353 e. The van der Waals surface area contributed by atoms with Crippen LogP contribution in [-0.2, 0) is 11.3 Å². The molecule has 7 heteroatoms. The van der Waals surface area contributed by atoms with Gasteiger partial charge >= 0.3 is 0 Å². The molecule has 0 spiro atoms. The Kier molecular flexibility index (Phi) is 6.42. The summed E-state index contributed by atoms with van der Waals surface area (Å²) >= 11 is 3.47. The zero-order valence-electron chi connectivity index (χ0n) is 16.1. The van der Waals surface area contributed by atoms with Crippen molar-refractivity contribution in [1.82, 2.24) is 20.4 Å². The average Bonchev–Trinajstić information content (AvgIpc) is 3.18. The second-order valence-corrected chi connectivity index (χ2v) is 8.83. The second-order valence-electron chi connectivity index (χ2n) is 7.92. The first-order valence-electron chi connectivity index (χ1n) is 10.3. The number of amides is 1. The maximum absolute atomic E-state index is 12.5. The molecule has 6 nitrogen and oxygen atoms in total. The number of rotatable bonds is 5. The molecule has 2 fully saturated rings. The molecule has 2 heterocycles. The Morgan fingerprint density at radius 3 is 2.71 bits per heavy atom. The van der Waals surface area contributed by atoms with Crippen molar-refractivity contribution in [1.29, 1.82) is 0 Å². The molecular weight excluding hydrogens is 420 g/mol. The van der Waals surface area contributed by atoms with Crippen LogP contribution in [0.1, 0.15) is 50.8 Å². The van der Waals surface area contributed by atoms with E-state index in [1.54, 1.807) is 0 Å². The summed E-state index contributed by atoms with van der Waals surface area (Å²) in [4.78, 5) is 19.4. The molecule has 1 amide bonds. The summed E-state index contributed by atoms with van der Waals surface area (Å²) in [6.07, 6.45) is 7.87. The summed E-state index contributed by atoms with van der Waals surface area (Å²) in [5, 5.41) is 7.38. The highest BCUT2D eigenvalue weighted by Crippen LogP contribution is 2.23. The lowest BCUT2D eigenvalue weighted by atomic mass is 9.92. The second kappa shape index (κ2) is 9.18. The van der Waals surface area contributed by atoms with Crippen molar-refractivity contribution in [3.63, 3.8) is 0 Å². The lowest BCUT2D eigenvalue weighted by molar-refractivity contribution is -0.127. The Morgan fingerprint density at radius 2 is 1.96 bits per heavy atom. The van der Waals surface area contributed by atoms with Crippen molar-refractivity contribution in [3.8, 4) is 11.4 Å². The highest BCUT2D eigenvalue weighted by atomic mass is 79.9. The zero-order valence-corrected chi connectivity index (χ0v) is 17.7. The average molecular weight is 447 g/mol. The van der Waals surface area contributed by atoms with Gasteiger partial charge in [-0.2, -0.15) is 4.98 Å². The summed E-state index contributed by atoms with van der Waals surface area (Å²) in [5.41, 5.74) is 0.933. The van der Waals surface area contributed by atoms with Crippen molar-refractivity contribution >= 4 is 21.8 Å². The van der Waals surface area contributed by atoms with Crippen LogP contribution < -0.4 is 5.32 Å². The first-order chi connectivity index (χ1) is 13.7. The third-order valence-corrected chi connectivity index (χ3v) is 6.31. The Hall–Kier alpha value is -1.73.